The second kappa shape index (κ2) is 4.92. The quantitative estimate of drug-likeness (QED) is 0.648. The van der Waals surface area contributed by atoms with Crippen LogP contribution in [0.4, 0.5) is 11.4 Å². The zero-order chi connectivity index (χ0) is 15.9. The molecule has 0 saturated heterocycles. The van der Waals surface area contributed by atoms with Gasteiger partial charge in [0.1, 0.15) is 24.1 Å². The molecule has 0 amide bonds. The highest BCUT2D eigenvalue weighted by atomic mass is 15.2. The Bertz CT molecular complexity index is 1050. The van der Waals surface area contributed by atoms with Crippen LogP contribution in [0.5, 0.6) is 0 Å². The minimum atomic E-state index is 0.878. The van der Waals surface area contributed by atoms with Crippen molar-refractivity contribution in [2.75, 3.05) is 0 Å². The summed E-state index contributed by atoms with van der Waals surface area (Å²) in [7, 11) is 0. The average molecular weight is 312 g/mol. The minimum Gasteiger partial charge on any atom is -0.235 e. The van der Waals surface area contributed by atoms with Gasteiger partial charge in [-0.25, -0.2) is 20.0 Å². The number of rotatable bonds is 0. The summed E-state index contributed by atoms with van der Waals surface area (Å²) in [5.74, 6) is 0. The maximum atomic E-state index is 4.13. The highest BCUT2D eigenvalue weighted by Crippen LogP contribution is 2.12. The van der Waals surface area contributed by atoms with E-state index in [0.717, 1.165) is 43.9 Å². The van der Waals surface area contributed by atoms with E-state index in [0.29, 0.717) is 0 Å². The molecule has 0 unspecified atom stereocenters. The molecule has 0 N–H and O–H groups in total. The summed E-state index contributed by atoms with van der Waals surface area (Å²) in [4.78, 5) is 16.4. The van der Waals surface area contributed by atoms with Gasteiger partial charge < -0.3 is 0 Å². The van der Waals surface area contributed by atoms with E-state index in [1.165, 1.54) is 0 Å². The van der Waals surface area contributed by atoms with E-state index in [4.69, 9.17) is 0 Å². The van der Waals surface area contributed by atoms with Crippen molar-refractivity contribution in [3.63, 3.8) is 0 Å². The Labute approximate surface area is 134 Å². The van der Waals surface area contributed by atoms with Crippen molar-refractivity contribution >= 4 is 36.5 Å². The van der Waals surface area contributed by atoms with Gasteiger partial charge in [0.15, 0.2) is 0 Å². The molecule has 4 heterocycles. The summed E-state index contributed by atoms with van der Waals surface area (Å²) >= 11 is 0. The van der Waals surface area contributed by atoms with Gasteiger partial charge in [-0.3, -0.25) is 0 Å². The van der Waals surface area contributed by atoms with Gasteiger partial charge in [0.2, 0.25) is 0 Å². The molecule has 2 aromatic carbocycles. The lowest BCUT2D eigenvalue weighted by Crippen LogP contribution is -2.11. The third-order valence-electron chi connectivity index (χ3n) is 3.82. The van der Waals surface area contributed by atoms with E-state index in [-0.39, 0.29) is 0 Å². The molecule has 8 heteroatoms. The highest BCUT2D eigenvalue weighted by molar-refractivity contribution is 5.90. The fourth-order valence-electron chi connectivity index (χ4n) is 2.68. The zero-order valence-corrected chi connectivity index (χ0v) is 12.2. The van der Waals surface area contributed by atoms with Crippen LogP contribution in [0.2, 0.25) is 0 Å². The Morgan fingerprint density at radius 3 is 1.50 bits per heavy atom. The summed E-state index contributed by atoms with van der Waals surface area (Å²) in [6.07, 6.45) is 6.53. The molecule has 4 aliphatic rings. The van der Waals surface area contributed by atoms with Crippen LogP contribution in [-0.4, -0.2) is 25.1 Å². The van der Waals surface area contributed by atoms with Crippen molar-refractivity contribution in [1.29, 1.82) is 0 Å². The molecule has 0 aliphatic carbocycles. The highest BCUT2D eigenvalue weighted by Gasteiger charge is 2.11. The molecule has 8 nitrogen and oxygen atoms in total. The first-order chi connectivity index (χ1) is 11.9. The third-order valence-corrected chi connectivity index (χ3v) is 3.82. The van der Waals surface area contributed by atoms with Gasteiger partial charge in [-0.15, -0.1) is 0 Å². The first-order valence-corrected chi connectivity index (χ1v) is 7.19. The molecule has 0 atom stereocenters. The van der Waals surface area contributed by atoms with Crippen LogP contribution in [0.25, 0.3) is 0 Å². The van der Waals surface area contributed by atoms with E-state index >= 15 is 0 Å². The molecule has 112 valence electrons. The number of fused-ring (bicyclic) bond motifs is 6. The van der Waals surface area contributed by atoms with Gasteiger partial charge >= 0.3 is 0 Å². The molecule has 0 spiro atoms. The van der Waals surface area contributed by atoms with Gasteiger partial charge in [0, 0.05) is 0 Å². The summed E-state index contributed by atoms with van der Waals surface area (Å²) in [5.41, 5.74) is 3.73. The number of nitrogens with zero attached hydrogens (tertiary/aromatic N) is 8. The minimum absolute atomic E-state index is 0.878. The average Bonchev–Trinajstić information content (AvgIpc) is 3.40. The SMILES string of the molecule is C1=NN=c2ccc3c(c21)N=CN=3.C1=NN=c2ccc3c(c21)N=CN=3. The predicted molar refractivity (Wildman–Crippen MR) is 89.0 cm³/mol. The first-order valence-electron chi connectivity index (χ1n) is 7.19. The Morgan fingerprint density at radius 2 is 1.00 bits per heavy atom. The van der Waals surface area contributed by atoms with Crippen molar-refractivity contribution in [3.05, 3.63) is 56.8 Å². The molecule has 2 aromatic rings. The van der Waals surface area contributed by atoms with Crippen molar-refractivity contribution in [3.8, 4) is 0 Å². The molecule has 6 rings (SSSR count). The summed E-state index contributed by atoms with van der Waals surface area (Å²) in [6, 6.07) is 7.61. The standard InChI is InChI=1S/2C8H4N4/c2*1-2-7-8(10-4-9-7)5-3-11-12-6(1)5/h2*1-4H. The van der Waals surface area contributed by atoms with Gasteiger partial charge in [-0.1, -0.05) is 0 Å². The summed E-state index contributed by atoms with van der Waals surface area (Å²) in [6.45, 7) is 0. The summed E-state index contributed by atoms with van der Waals surface area (Å²) < 4.78 is 0. The van der Waals surface area contributed by atoms with Gasteiger partial charge in [-0.2, -0.15) is 20.4 Å². The molecule has 0 saturated carbocycles. The molecule has 0 radical (unpaired) electrons. The Morgan fingerprint density at radius 1 is 0.542 bits per heavy atom. The van der Waals surface area contributed by atoms with Crippen LogP contribution in [0, 0.1) is 0 Å². The summed E-state index contributed by atoms with van der Waals surface area (Å²) in [5, 5.41) is 19.0. The molecule has 24 heavy (non-hydrogen) atoms. The van der Waals surface area contributed by atoms with E-state index in [2.05, 4.69) is 40.4 Å². The number of hydrogen-bond acceptors (Lipinski definition) is 8. The van der Waals surface area contributed by atoms with Crippen LogP contribution >= 0.6 is 0 Å². The molecular weight excluding hydrogens is 304 g/mol. The number of aliphatic imine (C=N–C) groups is 2. The van der Waals surface area contributed by atoms with Crippen LogP contribution in [0.1, 0.15) is 11.1 Å². The lowest BCUT2D eigenvalue weighted by molar-refractivity contribution is 1.18. The Kier molecular flexibility index (Phi) is 2.63. The largest absolute Gasteiger partial charge is 0.235 e. The second-order valence-electron chi connectivity index (χ2n) is 5.17. The fourth-order valence-corrected chi connectivity index (χ4v) is 2.68. The van der Waals surface area contributed by atoms with E-state index in [1.807, 2.05) is 24.3 Å². The van der Waals surface area contributed by atoms with Crippen molar-refractivity contribution in [1.82, 2.24) is 0 Å². The maximum Gasteiger partial charge on any atom is 0.116 e. The number of benzene rings is 2. The van der Waals surface area contributed by atoms with Crippen LogP contribution in [-0.2, 0) is 0 Å². The Hall–Kier alpha value is -3.68. The van der Waals surface area contributed by atoms with Crippen molar-refractivity contribution in [2.24, 2.45) is 40.4 Å². The van der Waals surface area contributed by atoms with Crippen LogP contribution in [0.3, 0.4) is 0 Å². The predicted octanol–water partition coefficient (Wildman–Crippen LogP) is -0.107. The smallest absolute Gasteiger partial charge is 0.116 e. The monoisotopic (exact) mass is 312 g/mol. The van der Waals surface area contributed by atoms with E-state index in [1.54, 1.807) is 25.1 Å². The fraction of sp³-hybridized carbons (Fsp3) is 0. The first kappa shape index (κ1) is 12.8. The molecule has 4 aliphatic heterocycles. The maximum absolute atomic E-state index is 4.13. The van der Waals surface area contributed by atoms with Crippen LogP contribution in [0.15, 0.2) is 64.6 Å². The molecular formula is C16H8N8. The lowest BCUT2D eigenvalue weighted by atomic mass is 10.2. The third kappa shape index (κ3) is 1.86. The van der Waals surface area contributed by atoms with Crippen LogP contribution < -0.4 is 21.4 Å². The molecule has 0 aromatic heterocycles. The van der Waals surface area contributed by atoms with E-state index < -0.39 is 0 Å². The second-order valence-corrected chi connectivity index (χ2v) is 5.17. The Balaban J connectivity index is 0.000000109. The molecule has 0 fully saturated rings. The van der Waals surface area contributed by atoms with Crippen molar-refractivity contribution in [2.45, 2.75) is 0 Å². The zero-order valence-electron chi connectivity index (χ0n) is 12.2. The number of hydrogen-bond donors (Lipinski definition) is 0. The van der Waals surface area contributed by atoms with Gasteiger partial charge in [0.05, 0.1) is 45.0 Å². The van der Waals surface area contributed by atoms with Crippen molar-refractivity contribution < 1.29 is 0 Å². The van der Waals surface area contributed by atoms with E-state index in [9.17, 15) is 0 Å². The molecule has 0 bridgehead atoms. The van der Waals surface area contributed by atoms with Gasteiger partial charge in [-0.05, 0) is 24.3 Å². The lowest BCUT2D eigenvalue weighted by Gasteiger charge is -1.91. The van der Waals surface area contributed by atoms with Gasteiger partial charge in [0.25, 0.3) is 0 Å². The normalized spacial score (nSPS) is 15.3. The topological polar surface area (TPSA) is 98.9 Å².